The van der Waals surface area contributed by atoms with Gasteiger partial charge in [-0.05, 0) is 35.3 Å². The van der Waals surface area contributed by atoms with Crippen LogP contribution in [0.2, 0.25) is 0 Å². The van der Waals surface area contributed by atoms with Crippen molar-refractivity contribution in [3.63, 3.8) is 0 Å². The van der Waals surface area contributed by atoms with Crippen LogP contribution in [0.25, 0.3) is 0 Å². The number of rotatable bonds is 4. The van der Waals surface area contributed by atoms with Crippen LogP contribution in [0.15, 0.2) is 24.3 Å². The maximum absolute atomic E-state index is 11.8. The first-order chi connectivity index (χ1) is 9.88. The zero-order valence-electron chi connectivity index (χ0n) is 13.5. The molecule has 3 nitrogen and oxygen atoms in total. The minimum Gasteiger partial charge on any atom is -0.480 e. The lowest BCUT2D eigenvalue weighted by atomic mass is 9.89. The van der Waals surface area contributed by atoms with Crippen LogP contribution >= 0.6 is 0 Å². The van der Waals surface area contributed by atoms with Gasteiger partial charge in [-0.2, -0.15) is 0 Å². The summed E-state index contributed by atoms with van der Waals surface area (Å²) in [5, 5.41) is 9.69. The molecule has 1 aliphatic heterocycles. The van der Waals surface area contributed by atoms with Gasteiger partial charge in [-0.25, -0.2) is 0 Å². The third-order valence-corrected chi connectivity index (χ3v) is 4.42. The number of carboxylic acid groups (broad SMARTS) is 1. The van der Waals surface area contributed by atoms with E-state index in [1.54, 1.807) is 0 Å². The molecule has 0 bridgehead atoms. The number of likely N-dealkylation sites (tertiary alicyclic amines) is 1. The minimum atomic E-state index is -0.742. The first-order valence-corrected chi connectivity index (χ1v) is 7.95. The molecule has 1 saturated heterocycles. The zero-order chi connectivity index (χ0) is 15.6. The molecule has 0 aliphatic carbocycles. The Morgan fingerprint density at radius 3 is 2.00 bits per heavy atom. The molecule has 0 spiro atoms. The highest BCUT2D eigenvalue weighted by Crippen LogP contribution is 2.30. The van der Waals surface area contributed by atoms with E-state index in [1.165, 1.54) is 12.0 Å². The second-order valence-electron chi connectivity index (χ2n) is 6.96. The molecule has 1 N–H and O–H groups in total. The SMILES string of the molecule is CC1CC(C)CN(C(C(=O)O)c2ccc(C(C)C)cc2)C1. The molecule has 0 aromatic heterocycles. The summed E-state index contributed by atoms with van der Waals surface area (Å²) in [6, 6.07) is 7.58. The Kier molecular flexibility index (Phi) is 5.04. The Labute approximate surface area is 128 Å². The second-order valence-corrected chi connectivity index (χ2v) is 6.96. The van der Waals surface area contributed by atoms with Crippen molar-refractivity contribution in [2.24, 2.45) is 11.8 Å². The molecule has 3 atom stereocenters. The second kappa shape index (κ2) is 6.61. The van der Waals surface area contributed by atoms with E-state index in [-0.39, 0.29) is 0 Å². The van der Waals surface area contributed by atoms with Crippen molar-refractivity contribution in [2.45, 2.75) is 46.1 Å². The average molecular weight is 289 g/mol. The predicted molar refractivity (Wildman–Crippen MR) is 85.4 cm³/mol. The molecule has 0 amide bonds. The maximum Gasteiger partial charge on any atom is 0.325 e. The van der Waals surface area contributed by atoms with Gasteiger partial charge >= 0.3 is 5.97 Å². The molecule has 1 heterocycles. The molecule has 0 saturated carbocycles. The van der Waals surface area contributed by atoms with Gasteiger partial charge in [-0.1, -0.05) is 52.0 Å². The maximum atomic E-state index is 11.8. The van der Waals surface area contributed by atoms with Gasteiger partial charge in [0.1, 0.15) is 6.04 Å². The van der Waals surface area contributed by atoms with Crippen molar-refractivity contribution in [2.75, 3.05) is 13.1 Å². The largest absolute Gasteiger partial charge is 0.480 e. The summed E-state index contributed by atoms with van der Waals surface area (Å²) in [5.41, 5.74) is 2.15. The number of benzene rings is 1. The van der Waals surface area contributed by atoms with Gasteiger partial charge in [-0.15, -0.1) is 0 Å². The summed E-state index contributed by atoms with van der Waals surface area (Å²) in [6.45, 7) is 10.5. The number of carbonyl (C=O) groups is 1. The monoisotopic (exact) mass is 289 g/mol. The van der Waals surface area contributed by atoms with E-state index in [2.05, 4.69) is 44.7 Å². The van der Waals surface area contributed by atoms with Crippen molar-refractivity contribution in [1.29, 1.82) is 0 Å². The average Bonchev–Trinajstić information content (AvgIpc) is 2.37. The number of carboxylic acids is 1. The van der Waals surface area contributed by atoms with Crippen molar-refractivity contribution in [3.8, 4) is 0 Å². The van der Waals surface area contributed by atoms with E-state index >= 15 is 0 Å². The van der Waals surface area contributed by atoms with Crippen LogP contribution in [-0.2, 0) is 4.79 Å². The fraction of sp³-hybridized carbons (Fsp3) is 0.611. The quantitative estimate of drug-likeness (QED) is 0.913. The van der Waals surface area contributed by atoms with Gasteiger partial charge in [0.25, 0.3) is 0 Å². The highest BCUT2D eigenvalue weighted by atomic mass is 16.4. The number of hydrogen-bond acceptors (Lipinski definition) is 2. The topological polar surface area (TPSA) is 40.5 Å². The van der Waals surface area contributed by atoms with E-state index < -0.39 is 12.0 Å². The molecule has 3 heteroatoms. The van der Waals surface area contributed by atoms with Gasteiger partial charge in [0.15, 0.2) is 0 Å². The van der Waals surface area contributed by atoms with Gasteiger partial charge in [-0.3, -0.25) is 9.69 Å². The van der Waals surface area contributed by atoms with Crippen LogP contribution in [0.1, 0.15) is 57.2 Å². The van der Waals surface area contributed by atoms with E-state index in [9.17, 15) is 9.90 Å². The van der Waals surface area contributed by atoms with Crippen molar-refractivity contribution >= 4 is 5.97 Å². The van der Waals surface area contributed by atoms with Crippen molar-refractivity contribution in [1.82, 2.24) is 4.90 Å². The fourth-order valence-electron chi connectivity index (χ4n) is 3.49. The fourth-order valence-corrected chi connectivity index (χ4v) is 3.49. The molecule has 1 aromatic carbocycles. The third-order valence-electron chi connectivity index (χ3n) is 4.42. The van der Waals surface area contributed by atoms with Crippen LogP contribution in [0.5, 0.6) is 0 Å². The summed E-state index contributed by atoms with van der Waals surface area (Å²) in [4.78, 5) is 13.9. The molecule has 1 fully saturated rings. The van der Waals surface area contributed by atoms with E-state index in [0.717, 1.165) is 18.7 Å². The highest BCUT2D eigenvalue weighted by molar-refractivity contribution is 5.75. The number of nitrogens with zero attached hydrogens (tertiary/aromatic N) is 1. The molecule has 1 aromatic rings. The Morgan fingerprint density at radius 1 is 1.10 bits per heavy atom. The predicted octanol–water partition coefficient (Wildman–Crippen LogP) is 3.91. The smallest absolute Gasteiger partial charge is 0.325 e. The molecule has 2 rings (SSSR count). The first kappa shape index (κ1) is 16.0. The number of hydrogen-bond donors (Lipinski definition) is 1. The Balaban J connectivity index is 2.24. The molecule has 1 aliphatic rings. The van der Waals surface area contributed by atoms with Crippen LogP contribution in [0.4, 0.5) is 0 Å². The van der Waals surface area contributed by atoms with Crippen LogP contribution in [0.3, 0.4) is 0 Å². The lowest BCUT2D eigenvalue weighted by molar-refractivity contribution is -0.144. The molecule has 3 unspecified atom stereocenters. The lowest BCUT2D eigenvalue weighted by Gasteiger charge is -2.38. The summed E-state index contributed by atoms with van der Waals surface area (Å²) >= 11 is 0. The zero-order valence-corrected chi connectivity index (χ0v) is 13.5. The number of piperidine rings is 1. The molecule has 0 radical (unpaired) electrons. The Morgan fingerprint density at radius 2 is 1.57 bits per heavy atom. The van der Waals surface area contributed by atoms with Crippen molar-refractivity contribution in [3.05, 3.63) is 35.4 Å². The number of aliphatic carboxylic acids is 1. The Hall–Kier alpha value is -1.35. The summed E-state index contributed by atoms with van der Waals surface area (Å²) in [6.07, 6.45) is 1.19. The third kappa shape index (κ3) is 3.85. The van der Waals surface area contributed by atoms with Gasteiger partial charge < -0.3 is 5.11 Å². The highest BCUT2D eigenvalue weighted by Gasteiger charge is 2.32. The lowest BCUT2D eigenvalue weighted by Crippen LogP contribution is -2.43. The minimum absolute atomic E-state index is 0.470. The molecular formula is C18H27NO2. The van der Waals surface area contributed by atoms with Crippen molar-refractivity contribution < 1.29 is 9.90 Å². The van der Waals surface area contributed by atoms with Crippen LogP contribution in [-0.4, -0.2) is 29.1 Å². The molecular weight excluding hydrogens is 262 g/mol. The van der Waals surface area contributed by atoms with Gasteiger partial charge in [0.05, 0.1) is 0 Å². The Bertz CT molecular complexity index is 470. The van der Waals surface area contributed by atoms with E-state index in [4.69, 9.17) is 0 Å². The molecule has 116 valence electrons. The molecule has 21 heavy (non-hydrogen) atoms. The van der Waals surface area contributed by atoms with E-state index in [1.807, 2.05) is 12.1 Å². The van der Waals surface area contributed by atoms with E-state index in [0.29, 0.717) is 17.8 Å². The normalized spacial score (nSPS) is 25.0. The summed E-state index contributed by atoms with van der Waals surface area (Å²) in [7, 11) is 0. The van der Waals surface area contributed by atoms with Crippen LogP contribution in [0, 0.1) is 11.8 Å². The van der Waals surface area contributed by atoms with Gasteiger partial charge in [0.2, 0.25) is 0 Å². The van der Waals surface area contributed by atoms with Crippen LogP contribution < -0.4 is 0 Å². The standard InChI is InChI=1S/C18H27NO2/c1-12(2)15-5-7-16(8-6-15)17(18(20)21)19-10-13(3)9-14(4)11-19/h5-8,12-14,17H,9-11H2,1-4H3,(H,20,21). The summed E-state index contributed by atoms with van der Waals surface area (Å²) < 4.78 is 0. The summed E-state index contributed by atoms with van der Waals surface area (Å²) in [5.74, 6) is 0.849. The van der Waals surface area contributed by atoms with Gasteiger partial charge in [0, 0.05) is 13.1 Å². The first-order valence-electron chi connectivity index (χ1n) is 7.95.